The van der Waals surface area contributed by atoms with E-state index in [1.807, 2.05) is 18.3 Å². The number of pyridine rings is 1. The zero-order chi connectivity index (χ0) is 22.2. The minimum Gasteiger partial charge on any atom is -0.497 e. The van der Waals surface area contributed by atoms with Crippen LogP contribution in [0.4, 0.5) is 0 Å². The van der Waals surface area contributed by atoms with Crippen molar-refractivity contribution < 1.29 is 4.74 Å². The number of piperidine rings is 1. The van der Waals surface area contributed by atoms with E-state index in [2.05, 4.69) is 27.7 Å². The van der Waals surface area contributed by atoms with E-state index in [-0.39, 0.29) is 0 Å². The largest absolute Gasteiger partial charge is 0.497 e. The topological polar surface area (TPSA) is 25.4 Å². The Morgan fingerprint density at radius 2 is 1.94 bits per heavy atom. The van der Waals surface area contributed by atoms with Crippen molar-refractivity contribution >= 4 is 34.3 Å². The number of hydrogen-bond donors (Lipinski definition) is 0. The highest BCUT2D eigenvalue weighted by molar-refractivity contribution is 7.99. The lowest BCUT2D eigenvalue weighted by Gasteiger charge is -2.36. The molecule has 1 saturated carbocycles. The van der Waals surface area contributed by atoms with E-state index in [0.29, 0.717) is 0 Å². The molecule has 2 heterocycles. The standard InChI is InChI=1S/C27H39ClN2OS/c1-31-22-14-15-27-25(19-22)24(26(28)20-29-27)13-7-10-21-9-5-6-16-30(21)17-8-18-32-23-11-3-2-4-12-23/h14-15,19-21,23H,2-13,16-18H2,1H3. The van der Waals surface area contributed by atoms with Gasteiger partial charge in [0.2, 0.25) is 0 Å². The molecule has 1 unspecified atom stereocenters. The van der Waals surface area contributed by atoms with E-state index in [0.717, 1.165) is 39.4 Å². The molecule has 1 aliphatic heterocycles. The van der Waals surface area contributed by atoms with E-state index < -0.39 is 0 Å². The maximum Gasteiger partial charge on any atom is 0.119 e. The zero-order valence-electron chi connectivity index (χ0n) is 19.7. The molecular formula is C27H39ClN2OS. The highest BCUT2D eigenvalue weighted by atomic mass is 35.5. The smallest absolute Gasteiger partial charge is 0.119 e. The van der Waals surface area contributed by atoms with Crippen LogP contribution in [0.2, 0.25) is 5.02 Å². The normalized spacial score (nSPS) is 20.6. The molecule has 2 fully saturated rings. The van der Waals surface area contributed by atoms with Crippen molar-refractivity contribution in [3.05, 3.63) is 35.0 Å². The fourth-order valence-electron chi connectivity index (χ4n) is 5.53. The summed E-state index contributed by atoms with van der Waals surface area (Å²) in [7, 11) is 1.71. The van der Waals surface area contributed by atoms with Crippen LogP contribution in [0.15, 0.2) is 24.4 Å². The van der Waals surface area contributed by atoms with E-state index >= 15 is 0 Å². The van der Waals surface area contributed by atoms with E-state index in [1.54, 1.807) is 7.11 Å². The molecule has 2 aromatic rings. The Labute approximate surface area is 203 Å². The monoisotopic (exact) mass is 474 g/mol. The third kappa shape index (κ3) is 6.55. The number of nitrogens with zero attached hydrogens (tertiary/aromatic N) is 2. The molecule has 176 valence electrons. The molecule has 0 spiro atoms. The maximum absolute atomic E-state index is 6.58. The molecule has 1 aliphatic carbocycles. The van der Waals surface area contributed by atoms with Gasteiger partial charge in [0.05, 0.1) is 17.6 Å². The molecule has 0 amide bonds. The molecule has 1 saturated heterocycles. The Morgan fingerprint density at radius 3 is 2.78 bits per heavy atom. The first-order valence-electron chi connectivity index (χ1n) is 12.7. The minimum absolute atomic E-state index is 0.741. The molecular weight excluding hydrogens is 436 g/mol. The van der Waals surface area contributed by atoms with Gasteiger partial charge in [-0.2, -0.15) is 11.8 Å². The summed E-state index contributed by atoms with van der Waals surface area (Å²) in [5, 5.41) is 2.86. The summed E-state index contributed by atoms with van der Waals surface area (Å²) >= 11 is 8.83. The summed E-state index contributed by atoms with van der Waals surface area (Å²) in [6, 6.07) is 6.83. The van der Waals surface area contributed by atoms with Gasteiger partial charge in [-0.3, -0.25) is 4.98 Å². The van der Waals surface area contributed by atoms with Crippen LogP contribution in [0.1, 0.15) is 76.2 Å². The zero-order valence-corrected chi connectivity index (χ0v) is 21.2. The predicted octanol–water partition coefficient (Wildman–Crippen LogP) is 7.53. The van der Waals surface area contributed by atoms with Gasteiger partial charge in [0, 0.05) is 22.9 Å². The molecule has 1 aromatic heterocycles. The predicted molar refractivity (Wildman–Crippen MR) is 139 cm³/mol. The number of rotatable bonds is 10. The van der Waals surface area contributed by atoms with E-state index in [4.69, 9.17) is 16.3 Å². The van der Waals surface area contributed by atoms with Gasteiger partial charge < -0.3 is 9.64 Å². The molecule has 0 bridgehead atoms. The van der Waals surface area contributed by atoms with Gasteiger partial charge in [-0.05, 0) is 94.0 Å². The molecule has 0 radical (unpaired) electrons. The number of hydrogen-bond acceptors (Lipinski definition) is 4. The highest BCUT2D eigenvalue weighted by Gasteiger charge is 2.22. The van der Waals surface area contributed by atoms with Crippen LogP contribution in [-0.4, -0.2) is 47.1 Å². The molecule has 5 heteroatoms. The van der Waals surface area contributed by atoms with E-state index in [1.165, 1.54) is 95.0 Å². The molecule has 4 rings (SSSR count). The molecule has 32 heavy (non-hydrogen) atoms. The fourth-order valence-corrected chi connectivity index (χ4v) is 7.07. The number of likely N-dealkylation sites (tertiary alicyclic amines) is 1. The first-order chi connectivity index (χ1) is 15.7. The van der Waals surface area contributed by atoms with Crippen molar-refractivity contribution in [2.45, 2.75) is 88.3 Å². The molecule has 0 N–H and O–H groups in total. The summed E-state index contributed by atoms with van der Waals surface area (Å²) < 4.78 is 5.44. The van der Waals surface area contributed by atoms with Crippen LogP contribution in [0.5, 0.6) is 5.75 Å². The van der Waals surface area contributed by atoms with Gasteiger partial charge in [0.25, 0.3) is 0 Å². The van der Waals surface area contributed by atoms with Gasteiger partial charge in [0.1, 0.15) is 5.75 Å². The lowest BCUT2D eigenvalue weighted by atomic mass is 9.95. The van der Waals surface area contributed by atoms with Crippen molar-refractivity contribution in [2.24, 2.45) is 0 Å². The average molecular weight is 475 g/mol. The minimum atomic E-state index is 0.741. The number of thioether (sulfide) groups is 1. The summed E-state index contributed by atoms with van der Waals surface area (Å²) in [6.07, 6.45) is 18.0. The highest BCUT2D eigenvalue weighted by Crippen LogP contribution is 2.31. The van der Waals surface area contributed by atoms with Gasteiger partial charge in [0.15, 0.2) is 0 Å². The second-order valence-corrected chi connectivity index (χ2v) is 11.3. The summed E-state index contributed by atoms with van der Waals surface area (Å²) in [4.78, 5) is 7.30. The summed E-state index contributed by atoms with van der Waals surface area (Å²) in [5.41, 5.74) is 2.22. The van der Waals surface area contributed by atoms with Crippen molar-refractivity contribution in [3.63, 3.8) is 0 Å². The van der Waals surface area contributed by atoms with Crippen LogP contribution < -0.4 is 4.74 Å². The number of methoxy groups -OCH3 is 1. The van der Waals surface area contributed by atoms with Crippen LogP contribution >= 0.6 is 23.4 Å². The third-order valence-corrected chi connectivity index (χ3v) is 9.14. The van der Waals surface area contributed by atoms with Crippen LogP contribution in [0.3, 0.4) is 0 Å². The number of ether oxygens (including phenoxy) is 1. The van der Waals surface area contributed by atoms with Gasteiger partial charge in [-0.1, -0.05) is 37.3 Å². The third-order valence-electron chi connectivity index (χ3n) is 7.34. The van der Waals surface area contributed by atoms with Crippen molar-refractivity contribution in [1.29, 1.82) is 0 Å². The summed E-state index contributed by atoms with van der Waals surface area (Å²) in [6.45, 7) is 2.56. The fraction of sp³-hybridized carbons (Fsp3) is 0.667. The Bertz CT molecular complexity index is 855. The summed E-state index contributed by atoms with van der Waals surface area (Å²) in [5.74, 6) is 2.21. The van der Waals surface area contributed by atoms with Crippen LogP contribution in [0.25, 0.3) is 10.9 Å². The van der Waals surface area contributed by atoms with Crippen molar-refractivity contribution in [2.75, 3.05) is 26.0 Å². The second kappa shape index (κ2) is 12.5. The first-order valence-corrected chi connectivity index (χ1v) is 14.1. The quantitative estimate of drug-likeness (QED) is 0.332. The first kappa shape index (κ1) is 24.2. The Kier molecular flexibility index (Phi) is 9.42. The Hall–Kier alpha value is -0.970. The van der Waals surface area contributed by atoms with E-state index in [9.17, 15) is 0 Å². The van der Waals surface area contributed by atoms with Gasteiger partial charge in [-0.25, -0.2) is 0 Å². The van der Waals surface area contributed by atoms with Gasteiger partial charge >= 0.3 is 0 Å². The molecule has 3 nitrogen and oxygen atoms in total. The maximum atomic E-state index is 6.58. The molecule has 2 aliphatic rings. The Balaban J connectivity index is 1.28. The second-order valence-electron chi connectivity index (χ2n) is 9.53. The number of halogens is 1. The van der Waals surface area contributed by atoms with Crippen LogP contribution in [0, 0.1) is 0 Å². The number of benzene rings is 1. The number of fused-ring (bicyclic) bond motifs is 1. The van der Waals surface area contributed by atoms with Crippen LogP contribution in [-0.2, 0) is 6.42 Å². The number of aromatic nitrogens is 1. The lowest BCUT2D eigenvalue weighted by Crippen LogP contribution is -2.40. The Morgan fingerprint density at radius 1 is 1.09 bits per heavy atom. The van der Waals surface area contributed by atoms with Crippen molar-refractivity contribution in [3.8, 4) is 5.75 Å². The van der Waals surface area contributed by atoms with Gasteiger partial charge in [-0.15, -0.1) is 0 Å². The molecule has 1 atom stereocenters. The van der Waals surface area contributed by atoms with Crippen molar-refractivity contribution in [1.82, 2.24) is 9.88 Å². The number of aryl methyl sites for hydroxylation is 1. The lowest BCUT2D eigenvalue weighted by molar-refractivity contribution is 0.139. The SMILES string of the molecule is COc1ccc2ncc(Cl)c(CCCC3CCCCN3CCCSC3CCCCC3)c2c1. The average Bonchev–Trinajstić information content (AvgIpc) is 2.84. The molecule has 1 aromatic carbocycles.